The van der Waals surface area contributed by atoms with E-state index in [1.165, 1.54) is 25.2 Å². The van der Waals surface area contributed by atoms with Crippen molar-refractivity contribution in [3.05, 3.63) is 24.0 Å². The molecule has 2 N–H and O–H groups in total. The van der Waals surface area contributed by atoms with Gasteiger partial charge in [-0.1, -0.05) is 5.10 Å². The Kier molecular flexibility index (Phi) is 4.45. The predicted octanol–water partition coefficient (Wildman–Crippen LogP) is 3.83. The van der Waals surface area contributed by atoms with Crippen LogP contribution in [0.3, 0.4) is 0 Å². The monoisotopic (exact) mass is 434 g/mol. The SMILES string of the molecule is CC(Nc1nnc(-c2ccc(C(F)(F)F)c3[nH]cnc23)o1)C(=O)N1CCC2(CC1)CC2. The van der Waals surface area contributed by atoms with E-state index in [0.29, 0.717) is 5.41 Å². The van der Waals surface area contributed by atoms with Crippen molar-refractivity contribution < 1.29 is 22.4 Å². The maximum atomic E-state index is 13.2. The average molecular weight is 434 g/mol. The van der Waals surface area contributed by atoms with Gasteiger partial charge in [-0.2, -0.15) is 13.2 Å². The number of amides is 1. The molecule has 1 atom stereocenters. The summed E-state index contributed by atoms with van der Waals surface area (Å²) < 4.78 is 45.2. The first-order valence-corrected chi connectivity index (χ1v) is 10.2. The third kappa shape index (κ3) is 3.61. The first kappa shape index (κ1) is 19.8. The van der Waals surface area contributed by atoms with E-state index in [9.17, 15) is 18.0 Å². The van der Waals surface area contributed by atoms with Gasteiger partial charge in [-0.05, 0) is 50.2 Å². The van der Waals surface area contributed by atoms with E-state index in [1.807, 2.05) is 4.90 Å². The number of carbonyl (C=O) groups excluding carboxylic acids is 1. The largest absolute Gasteiger partial charge is 0.418 e. The fourth-order valence-electron chi connectivity index (χ4n) is 4.23. The van der Waals surface area contributed by atoms with E-state index in [2.05, 4.69) is 25.5 Å². The minimum Gasteiger partial charge on any atom is -0.403 e. The molecule has 2 aliphatic rings. The summed E-state index contributed by atoms with van der Waals surface area (Å²) >= 11 is 0. The third-order valence-corrected chi connectivity index (χ3v) is 6.34. The Morgan fingerprint density at radius 2 is 1.97 bits per heavy atom. The molecule has 1 aromatic carbocycles. The van der Waals surface area contributed by atoms with Gasteiger partial charge in [0, 0.05) is 13.1 Å². The van der Waals surface area contributed by atoms with Crippen molar-refractivity contribution >= 4 is 23.0 Å². The van der Waals surface area contributed by atoms with Crippen LogP contribution in [-0.4, -0.2) is 50.1 Å². The van der Waals surface area contributed by atoms with Gasteiger partial charge in [-0.3, -0.25) is 4.79 Å². The summed E-state index contributed by atoms with van der Waals surface area (Å²) in [4.78, 5) is 21.1. The second-order valence-electron chi connectivity index (χ2n) is 8.39. The number of aromatic amines is 1. The third-order valence-electron chi connectivity index (χ3n) is 6.34. The molecule has 0 bridgehead atoms. The highest BCUT2D eigenvalue weighted by Gasteiger charge is 2.45. The molecule has 3 heterocycles. The minimum atomic E-state index is -4.52. The van der Waals surface area contributed by atoms with Crippen LogP contribution >= 0.6 is 0 Å². The van der Waals surface area contributed by atoms with Crippen LogP contribution in [-0.2, 0) is 11.0 Å². The smallest absolute Gasteiger partial charge is 0.403 e. The number of imidazole rings is 1. The summed E-state index contributed by atoms with van der Waals surface area (Å²) in [6, 6.07) is 1.65. The Morgan fingerprint density at radius 1 is 1.23 bits per heavy atom. The summed E-state index contributed by atoms with van der Waals surface area (Å²) in [6.45, 7) is 3.23. The number of nitrogens with zero attached hydrogens (tertiary/aromatic N) is 4. The Labute approximate surface area is 175 Å². The molecule has 164 valence electrons. The van der Waals surface area contributed by atoms with Crippen LogP contribution in [0.1, 0.15) is 38.2 Å². The molecule has 11 heteroatoms. The lowest BCUT2D eigenvalue weighted by atomic mass is 9.93. The number of halogens is 3. The molecule has 0 radical (unpaired) electrons. The maximum Gasteiger partial charge on any atom is 0.418 e. The zero-order valence-electron chi connectivity index (χ0n) is 16.8. The number of fused-ring (bicyclic) bond motifs is 1. The van der Waals surface area contributed by atoms with Crippen molar-refractivity contribution in [2.24, 2.45) is 5.41 Å². The zero-order valence-corrected chi connectivity index (χ0v) is 16.8. The molecule has 1 saturated heterocycles. The van der Waals surface area contributed by atoms with Gasteiger partial charge in [0.05, 0.1) is 23.0 Å². The fourth-order valence-corrected chi connectivity index (χ4v) is 4.23. The number of alkyl halides is 3. The molecule has 1 saturated carbocycles. The average Bonchev–Trinajstić information content (AvgIpc) is 3.13. The summed E-state index contributed by atoms with van der Waals surface area (Å²) in [7, 11) is 0. The Balaban J connectivity index is 1.31. The quantitative estimate of drug-likeness (QED) is 0.647. The second kappa shape index (κ2) is 6.96. The molecule has 1 aliphatic heterocycles. The van der Waals surface area contributed by atoms with Gasteiger partial charge in [0.15, 0.2) is 0 Å². The van der Waals surface area contributed by atoms with E-state index < -0.39 is 17.8 Å². The summed E-state index contributed by atoms with van der Waals surface area (Å²) in [5.74, 6) is -0.0268. The second-order valence-corrected chi connectivity index (χ2v) is 8.39. The zero-order chi connectivity index (χ0) is 21.8. The fraction of sp³-hybridized carbons (Fsp3) is 0.500. The van der Waals surface area contributed by atoms with Gasteiger partial charge in [0.2, 0.25) is 5.91 Å². The molecular formula is C20H21F3N6O2. The van der Waals surface area contributed by atoms with E-state index in [-0.39, 0.29) is 34.4 Å². The molecule has 8 nitrogen and oxygen atoms in total. The van der Waals surface area contributed by atoms with Crippen molar-refractivity contribution in [3.63, 3.8) is 0 Å². The maximum absolute atomic E-state index is 13.2. The number of benzene rings is 1. The first-order chi connectivity index (χ1) is 14.8. The molecule has 2 fully saturated rings. The van der Waals surface area contributed by atoms with Gasteiger partial charge >= 0.3 is 12.2 Å². The molecule has 3 aromatic rings. The van der Waals surface area contributed by atoms with Crippen molar-refractivity contribution in [1.82, 2.24) is 25.1 Å². The van der Waals surface area contributed by atoms with Crippen LogP contribution < -0.4 is 5.32 Å². The molecule has 1 amide bonds. The number of nitrogens with one attached hydrogen (secondary N) is 2. The number of H-pyrrole nitrogens is 1. The van der Waals surface area contributed by atoms with Gasteiger partial charge in [0.1, 0.15) is 11.6 Å². The van der Waals surface area contributed by atoms with Crippen molar-refractivity contribution in [2.75, 3.05) is 18.4 Å². The number of piperidine rings is 1. The van der Waals surface area contributed by atoms with Crippen molar-refractivity contribution in [1.29, 1.82) is 0 Å². The molecule has 1 aliphatic carbocycles. The van der Waals surface area contributed by atoms with Gasteiger partial charge in [0.25, 0.3) is 5.89 Å². The van der Waals surface area contributed by atoms with Crippen LogP contribution in [0, 0.1) is 5.41 Å². The van der Waals surface area contributed by atoms with E-state index in [4.69, 9.17) is 4.42 Å². The summed E-state index contributed by atoms with van der Waals surface area (Å²) in [5.41, 5.74) is -0.144. The highest BCUT2D eigenvalue weighted by atomic mass is 19.4. The van der Waals surface area contributed by atoms with Crippen LogP contribution in [0.4, 0.5) is 19.2 Å². The first-order valence-electron chi connectivity index (χ1n) is 10.2. The van der Waals surface area contributed by atoms with E-state index in [1.54, 1.807) is 6.92 Å². The molecule has 1 spiro atoms. The molecule has 2 aromatic heterocycles. The number of hydrogen-bond donors (Lipinski definition) is 2. The van der Waals surface area contributed by atoms with Crippen LogP contribution in [0.2, 0.25) is 0 Å². The van der Waals surface area contributed by atoms with Gasteiger partial charge < -0.3 is 19.6 Å². The minimum absolute atomic E-state index is 0.0154. The van der Waals surface area contributed by atoms with Crippen molar-refractivity contribution in [2.45, 2.75) is 44.8 Å². The van der Waals surface area contributed by atoms with E-state index >= 15 is 0 Å². The highest BCUT2D eigenvalue weighted by molar-refractivity contribution is 5.91. The Morgan fingerprint density at radius 3 is 2.65 bits per heavy atom. The number of carbonyl (C=O) groups is 1. The summed E-state index contributed by atoms with van der Waals surface area (Å²) in [6.07, 6.45) is 1.29. The normalized spacial score (nSPS) is 19.0. The topological polar surface area (TPSA) is 99.9 Å². The molecule has 1 unspecified atom stereocenters. The van der Waals surface area contributed by atoms with Crippen LogP contribution in [0.5, 0.6) is 0 Å². The van der Waals surface area contributed by atoms with Gasteiger partial charge in [-0.15, -0.1) is 5.10 Å². The number of likely N-dealkylation sites (tertiary alicyclic amines) is 1. The lowest BCUT2D eigenvalue weighted by Gasteiger charge is -2.33. The lowest BCUT2D eigenvalue weighted by molar-refractivity contribution is -0.136. The Bertz CT molecular complexity index is 1120. The number of hydrogen-bond acceptors (Lipinski definition) is 6. The van der Waals surface area contributed by atoms with Crippen LogP contribution in [0.25, 0.3) is 22.5 Å². The standard InChI is InChI=1S/C20H21F3N6O2/c1-11(17(30)29-8-6-19(4-5-19)7-9-29)26-18-28-27-16(31-18)12-2-3-13(20(21,22)23)15-14(12)24-10-25-15/h2-3,10-11H,4-9H2,1H3,(H,24,25)(H,26,28). The number of aromatic nitrogens is 4. The van der Waals surface area contributed by atoms with E-state index in [0.717, 1.165) is 32.0 Å². The highest BCUT2D eigenvalue weighted by Crippen LogP contribution is 2.53. The van der Waals surface area contributed by atoms with Crippen LogP contribution in [0.15, 0.2) is 22.9 Å². The number of rotatable bonds is 4. The Hall–Kier alpha value is -3.11. The lowest BCUT2D eigenvalue weighted by Crippen LogP contribution is -2.45. The molecule has 5 rings (SSSR count). The molecular weight excluding hydrogens is 413 g/mol. The predicted molar refractivity (Wildman–Crippen MR) is 105 cm³/mol. The van der Waals surface area contributed by atoms with Crippen molar-refractivity contribution in [3.8, 4) is 11.5 Å². The number of anilines is 1. The van der Waals surface area contributed by atoms with Gasteiger partial charge in [-0.25, -0.2) is 4.98 Å². The molecule has 31 heavy (non-hydrogen) atoms. The summed E-state index contributed by atoms with van der Waals surface area (Å²) in [5, 5.41) is 10.7.